The van der Waals surface area contributed by atoms with Crippen LogP contribution in [-0.2, 0) is 26.5 Å². The van der Waals surface area contributed by atoms with Gasteiger partial charge in [-0.3, -0.25) is 4.68 Å². The Balaban J connectivity index is 0.00000401. The minimum absolute atomic E-state index is 0. The standard InChI is InChI=1S/C42H40N4O.Pt/c1-26(2)42(7,8)31-21-22-43-39(23-31)45-37-18-10-9-17-35(37)36-20-19-34(25-38(36)45)47-33-16-12-15-32(24-33)46-30(6)41(29(5)44-46)40-27(3)13-11-14-28(40)4;/h9-23,26H,1-8H3;/q-2;+2. The molecule has 0 aliphatic rings. The van der Waals surface area contributed by atoms with Gasteiger partial charge in [0.2, 0.25) is 0 Å². The van der Waals surface area contributed by atoms with Crippen LogP contribution in [0.4, 0.5) is 0 Å². The minimum atomic E-state index is 0. The number of hydrogen-bond acceptors (Lipinski definition) is 3. The maximum atomic E-state index is 6.46. The summed E-state index contributed by atoms with van der Waals surface area (Å²) in [6.07, 6.45) is 1.92. The third kappa shape index (κ3) is 5.69. The van der Waals surface area contributed by atoms with Crippen LogP contribution >= 0.6 is 0 Å². The molecule has 0 unspecified atom stereocenters. The van der Waals surface area contributed by atoms with Gasteiger partial charge in [0.25, 0.3) is 0 Å². The van der Waals surface area contributed by atoms with Crippen LogP contribution in [0.2, 0.25) is 0 Å². The second-order valence-electron chi connectivity index (χ2n) is 13.4. The van der Waals surface area contributed by atoms with Crippen molar-refractivity contribution >= 4 is 21.8 Å². The van der Waals surface area contributed by atoms with Crippen LogP contribution in [0.25, 0.3) is 44.4 Å². The van der Waals surface area contributed by atoms with Crippen molar-refractivity contribution in [2.45, 2.75) is 60.8 Å². The van der Waals surface area contributed by atoms with Gasteiger partial charge in [0.05, 0.1) is 5.69 Å². The van der Waals surface area contributed by atoms with E-state index in [0.717, 1.165) is 44.7 Å². The maximum absolute atomic E-state index is 6.46. The predicted molar refractivity (Wildman–Crippen MR) is 192 cm³/mol. The molecule has 3 aromatic heterocycles. The van der Waals surface area contributed by atoms with Gasteiger partial charge in [-0.2, -0.15) is 17.2 Å². The first-order valence-corrected chi connectivity index (χ1v) is 16.3. The number of aromatic nitrogens is 4. The van der Waals surface area contributed by atoms with E-state index in [4.69, 9.17) is 14.8 Å². The van der Waals surface area contributed by atoms with E-state index in [9.17, 15) is 0 Å². The number of aryl methyl sites for hydroxylation is 3. The van der Waals surface area contributed by atoms with Crippen molar-refractivity contribution in [2.75, 3.05) is 0 Å². The summed E-state index contributed by atoms with van der Waals surface area (Å²) in [7, 11) is 0. The number of nitrogens with zero attached hydrogens (tertiary/aromatic N) is 4. The summed E-state index contributed by atoms with van der Waals surface area (Å²) in [6.45, 7) is 17.6. The maximum Gasteiger partial charge on any atom is 2.00 e. The van der Waals surface area contributed by atoms with Crippen LogP contribution in [0.15, 0.2) is 91.1 Å². The summed E-state index contributed by atoms with van der Waals surface area (Å²) in [5, 5.41) is 7.20. The van der Waals surface area contributed by atoms with Crippen molar-refractivity contribution in [3.63, 3.8) is 0 Å². The number of benzene rings is 4. The summed E-state index contributed by atoms with van der Waals surface area (Å²) in [6, 6.07) is 36.3. The number of fused-ring (bicyclic) bond motifs is 3. The molecule has 0 amide bonds. The topological polar surface area (TPSA) is 44.9 Å². The number of hydrogen-bond donors (Lipinski definition) is 0. The Kier molecular flexibility index (Phi) is 8.95. The molecule has 0 saturated heterocycles. The molecule has 0 N–H and O–H groups in total. The first-order valence-electron chi connectivity index (χ1n) is 16.3. The Morgan fingerprint density at radius 2 is 1.46 bits per heavy atom. The van der Waals surface area contributed by atoms with Crippen LogP contribution < -0.4 is 4.74 Å². The van der Waals surface area contributed by atoms with Crippen LogP contribution in [0.5, 0.6) is 11.5 Å². The number of pyridine rings is 1. The van der Waals surface area contributed by atoms with Gasteiger partial charge >= 0.3 is 21.1 Å². The molecular weight excluding hydrogens is 772 g/mol. The molecule has 0 fully saturated rings. The van der Waals surface area contributed by atoms with Crippen molar-refractivity contribution < 1.29 is 25.8 Å². The summed E-state index contributed by atoms with van der Waals surface area (Å²) in [5.74, 6) is 2.55. The zero-order chi connectivity index (χ0) is 33.0. The van der Waals surface area contributed by atoms with E-state index in [1.807, 2.05) is 35.1 Å². The van der Waals surface area contributed by atoms with Gasteiger partial charge in [-0.05, 0) is 90.6 Å². The fourth-order valence-corrected chi connectivity index (χ4v) is 6.63. The van der Waals surface area contributed by atoms with Crippen molar-refractivity contribution in [3.05, 3.63) is 131 Å². The van der Waals surface area contributed by atoms with E-state index in [1.165, 1.54) is 27.8 Å². The molecule has 48 heavy (non-hydrogen) atoms. The Hall–Kier alpha value is -4.47. The summed E-state index contributed by atoms with van der Waals surface area (Å²) >= 11 is 0. The van der Waals surface area contributed by atoms with Crippen molar-refractivity contribution in [2.24, 2.45) is 5.92 Å². The van der Waals surface area contributed by atoms with Crippen LogP contribution in [0, 0.1) is 45.7 Å². The largest absolute Gasteiger partial charge is 2.00 e. The average molecular weight is 812 g/mol. The molecular formula is C42H40N4OPt. The summed E-state index contributed by atoms with van der Waals surface area (Å²) < 4.78 is 10.6. The monoisotopic (exact) mass is 811 g/mol. The van der Waals surface area contributed by atoms with E-state index in [-0.39, 0.29) is 26.5 Å². The summed E-state index contributed by atoms with van der Waals surface area (Å²) in [4.78, 5) is 4.85. The fraction of sp³-hybridized carbons (Fsp3) is 0.238. The Bertz CT molecular complexity index is 2270. The van der Waals surface area contributed by atoms with Gasteiger partial charge in [0.1, 0.15) is 5.82 Å². The van der Waals surface area contributed by atoms with E-state index in [0.29, 0.717) is 17.4 Å². The molecule has 244 valence electrons. The van der Waals surface area contributed by atoms with E-state index in [1.54, 1.807) is 0 Å². The average Bonchev–Trinajstić information content (AvgIpc) is 3.54. The van der Waals surface area contributed by atoms with Gasteiger partial charge in [-0.25, -0.2) is 4.98 Å². The molecule has 6 heteroatoms. The second-order valence-corrected chi connectivity index (χ2v) is 13.4. The normalized spacial score (nSPS) is 11.8. The van der Waals surface area contributed by atoms with Crippen molar-refractivity contribution in [1.29, 1.82) is 0 Å². The molecule has 4 aromatic carbocycles. The molecule has 5 nitrogen and oxygen atoms in total. The molecule has 0 atom stereocenters. The van der Waals surface area contributed by atoms with Crippen LogP contribution in [0.1, 0.15) is 55.8 Å². The van der Waals surface area contributed by atoms with Crippen molar-refractivity contribution in [3.8, 4) is 34.1 Å². The first-order chi connectivity index (χ1) is 22.5. The molecule has 0 aliphatic heterocycles. The molecule has 0 bridgehead atoms. The third-order valence-corrected chi connectivity index (χ3v) is 9.94. The van der Waals surface area contributed by atoms with Gasteiger partial charge in [-0.1, -0.05) is 69.6 Å². The van der Waals surface area contributed by atoms with Gasteiger partial charge < -0.3 is 9.30 Å². The SMILES string of the molecule is Cc1cccc(C)c1-c1c(C)nn(-c2[c-]c(Oc3[c-]c4c(cc3)c3ccccc3n4-c3cc(C(C)(C)C(C)C)ccn3)ccc2)c1C.[Pt+2]. The number of ether oxygens (including phenoxy) is 1. The fourth-order valence-electron chi connectivity index (χ4n) is 6.63. The third-order valence-electron chi connectivity index (χ3n) is 9.94. The smallest absolute Gasteiger partial charge is 0.509 e. The van der Waals surface area contributed by atoms with Crippen molar-refractivity contribution in [1.82, 2.24) is 19.3 Å². The van der Waals surface area contributed by atoms with E-state index < -0.39 is 0 Å². The molecule has 7 aromatic rings. The van der Waals surface area contributed by atoms with Gasteiger partial charge in [0, 0.05) is 34.5 Å². The van der Waals surface area contributed by atoms with Gasteiger partial charge in [-0.15, -0.1) is 35.7 Å². The number of para-hydroxylation sites is 1. The first kappa shape index (κ1) is 33.4. The van der Waals surface area contributed by atoms with E-state index >= 15 is 0 Å². The van der Waals surface area contributed by atoms with E-state index in [2.05, 4.69) is 133 Å². The van der Waals surface area contributed by atoms with Crippen LogP contribution in [-0.4, -0.2) is 19.3 Å². The molecule has 3 heterocycles. The predicted octanol–water partition coefficient (Wildman–Crippen LogP) is 10.6. The molecule has 0 radical (unpaired) electrons. The molecule has 7 rings (SSSR count). The Labute approximate surface area is 297 Å². The van der Waals surface area contributed by atoms with Gasteiger partial charge in [0.15, 0.2) is 0 Å². The molecule has 0 spiro atoms. The minimum Gasteiger partial charge on any atom is -0.509 e. The van der Waals surface area contributed by atoms with Crippen LogP contribution in [0.3, 0.4) is 0 Å². The molecule has 0 saturated carbocycles. The quantitative estimate of drug-likeness (QED) is 0.151. The summed E-state index contributed by atoms with van der Waals surface area (Å²) in [5.41, 5.74) is 11.0. The Morgan fingerprint density at radius 3 is 2.21 bits per heavy atom. The number of rotatable bonds is 7. The Morgan fingerprint density at radius 1 is 0.750 bits per heavy atom. The zero-order valence-corrected chi connectivity index (χ0v) is 31.0. The molecule has 0 aliphatic carbocycles. The second kappa shape index (κ2) is 12.9. The zero-order valence-electron chi connectivity index (χ0n) is 28.8.